The Morgan fingerprint density at radius 1 is 1.47 bits per heavy atom. The van der Waals surface area contributed by atoms with Gasteiger partial charge in [0.25, 0.3) is 0 Å². The maximum atomic E-state index is 5.79. The van der Waals surface area contributed by atoms with Crippen LogP contribution in [0, 0.1) is 0 Å². The van der Waals surface area contributed by atoms with Crippen LogP contribution in [-0.2, 0) is 12.8 Å². The van der Waals surface area contributed by atoms with Gasteiger partial charge in [0.05, 0.1) is 5.69 Å². The minimum Gasteiger partial charge on any atom is -0.375 e. The summed E-state index contributed by atoms with van der Waals surface area (Å²) in [6, 6.07) is 8.92. The van der Waals surface area contributed by atoms with Crippen molar-refractivity contribution in [3.05, 3.63) is 46.0 Å². The molecule has 1 aromatic heterocycles. The Balaban J connectivity index is 2.00. The third-order valence-corrected chi connectivity index (χ3v) is 4.53. The molecule has 88 valence electrons. The lowest BCUT2D eigenvalue weighted by Crippen LogP contribution is -1.95. The number of rotatable bonds is 2. The summed E-state index contributed by atoms with van der Waals surface area (Å²) < 4.78 is 0. The second-order valence-corrected chi connectivity index (χ2v) is 5.62. The second-order valence-electron chi connectivity index (χ2n) is 4.55. The molecule has 0 saturated heterocycles. The SMILES string of the molecule is CCc1cccc(C2CCc3nc(N)sc32)c1. The van der Waals surface area contributed by atoms with E-state index in [1.165, 1.54) is 28.1 Å². The average Bonchev–Trinajstić information content (AvgIpc) is 2.87. The van der Waals surface area contributed by atoms with Crippen LogP contribution in [0.2, 0.25) is 0 Å². The van der Waals surface area contributed by atoms with E-state index < -0.39 is 0 Å². The van der Waals surface area contributed by atoms with Crippen LogP contribution in [0.25, 0.3) is 0 Å². The van der Waals surface area contributed by atoms with Gasteiger partial charge in [-0.2, -0.15) is 0 Å². The van der Waals surface area contributed by atoms with Crippen molar-refractivity contribution in [3.63, 3.8) is 0 Å². The smallest absolute Gasteiger partial charge is 0.180 e. The van der Waals surface area contributed by atoms with E-state index in [2.05, 4.69) is 36.2 Å². The molecular weight excluding hydrogens is 228 g/mol. The molecule has 17 heavy (non-hydrogen) atoms. The molecule has 0 amide bonds. The number of hydrogen-bond acceptors (Lipinski definition) is 3. The van der Waals surface area contributed by atoms with Crippen LogP contribution < -0.4 is 5.73 Å². The summed E-state index contributed by atoms with van der Waals surface area (Å²) in [5.74, 6) is 0.520. The highest BCUT2D eigenvalue weighted by atomic mass is 32.1. The van der Waals surface area contributed by atoms with Gasteiger partial charge in [0, 0.05) is 10.8 Å². The van der Waals surface area contributed by atoms with Crippen LogP contribution in [-0.4, -0.2) is 4.98 Å². The van der Waals surface area contributed by atoms with E-state index in [-0.39, 0.29) is 0 Å². The van der Waals surface area contributed by atoms with Crippen molar-refractivity contribution in [1.29, 1.82) is 0 Å². The first-order valence-electron chi connectivity index (χ1n) is 6.12. The van der Waals surface area contributed by atoms with E-state index in [9.17, 15) is 0 Å². The monoisotopic (exact) mass is 244 g/mol. The lowest BCUT2D eigenvalue weighted by Gasteiger charge is -2.11. The van der Waals surface area contributed by atoms with Gasteiger partial charge >= 0.3 is 0 Å². The van der Waals surface area contributed by atoms with Crippen LogP contribution in [0.3, 0.4) is 0 Å². The minimum atomic E-state index is 0.520. The van der Waals surface area contributed by atoms with Gasteiger partial charge in [-0.3, -0.25) is 0 Å². The van der Waals surface area contributed by atoms with Crippen LogP contribution in [0.5, 0.6) is 0 Å². The highest BCUT2D eigenvalue weighted by Gasteiger charge is 2.27. The molecule has 1 atom stereocenters. The zero-order valence-electron chi connectivity index (χ0n) is 9.94. The molecule has 2 nitrogen and oxygen atoms in total. The number of anilines is 1. The normalized spacial score (nSPS) is 18.3. The zero-order valence-corrected chi connectivity index (χ0v) is 10.8. The Kier molecular flexibility index (Phi) is 2.63. The molecule has 1 heterocycles. The maximum Gasteiger partial charge on any atom is 0.180 e. The number of aryl methyl sites for hydroxylation is 2. The van der Waals surface area contributed by atoms with Crippen molar-refractivity contribution >= 4 is 16.5 Å². The fraction of sp³-hybridized carbons (Fsp3) is 0.357. The Morgan fingerprint density at radius 3 is 3.18 bits per heavy atom. The van der Waals surface area contributed by atoms with Crippen LogP contribution in [0.1, 0.15) is 41.0 Å². The molecule has 1 unspecified atom stereocenters. The van der Waals surface area contributed by atoms with E-state index in [0.29, 0.717) is 11.0 Å². The molecular formula is C14H16N2S. The first-order chi connectivity index (χ1) is 8.28. The first-order valence-corrected chi connectivity index (χ1v) is 6.93. The molecule has 0 radical (unpaired) electrons. The molecule has 1 aliphatic carbocycles. The standard InChI is InChI=1S/C14H16N2S/c1-2-9-4-3-5-10(8-9)11-6-7-12-13(11)17-14(15)16-12/h3-5,8,11H,2,6-7H2,1H3,(H2,15,16). The Bertz CT molecular complexity index is 545. The highest BCUT2D eigenvalue weighted by molar-refractivity contribution is 7.15. The first kappa shape index (κ1) is 10.8. The maximum absolute atomic E-state index is 5.79. The van der Waals surface area contributed by atoms with Crippen molar-refractivity contribution in [2.24, 2.45) is 0 Å². The lowest BCUT2D eigenvalue weighted by molar-refractivity contribution is 0.789. The summed E-state index contributed by atoms with van der Waals surface area (Å²) in [5.41, 5.74) is 9.85. The number of thiazole rings is 1. The molecule has 0 bridgehead atoms. The number of benzene rings is 1. The molecule has 3 rings (SSSR count). The second kappa shape index (κ2) is 4.15. The number of nitrogen functional groups attached to an aromatic ring is 1. The molecule has 1 aromatic carbocycles. The van der Waals surface area contributed by atoms with Gasteiger partial charge < -0.3 is 5.73 Å². The number of nitrogens with zero attached hydrogens (tertiary/aromatic N) is 1. The van der Waals surface area contributed by atoms with E-state index >= 15 is 0 Å². The summed E-state index contributed by atoms with van der Waals surface area (Å²) >= 11 is 1.66. The van der Waals surface area contributed by atoms with Crippen molar-refractivity contribution in [2.45, 2.75) is 32.1 Å². The fourth-order valence-corrected chi connectivity index (χ4v) is 3.64. The predicted molar refractivity (Wildman–Crippen MR) is 72.5 cm³/mol. The van der Waals surface area contributed by atoms with Crippen molar-refractivity contribution in [3.8, 4) is 0 Å². The van der Waals surface area contributed by atoms with Gasteiger partial charge in [-0.15, -0.1) is 11.3 Å². The number of hydrogen-bond donors (Lipinski definition) is 1. The summed E-state index contributed by atoms with van der Waals surface area (Å²) in [4.78, 5) is 5.79. The van der Waals surface area contributed by atoms with Crippen LogP contribution in [0.15, 0.2) is 24.3 Å². The quantitative estimate of drug-likeness (QED) is 0.879. The van der Waals surface area contributed by atoms with Gasteiger partial charge in [-0.1, -0.05) is 31.2 Å². The number of aromatic nitrogens is 1. The van der Waals surface area contributed by atoms with E-state index in [4.69, 9.17) is 5.73 Å². The van der Waals surface area contributed by atoms with Gasteiger partial charge in [-0.05, 0) is 30.4 Å². The van der Waals surface area contributed by atoms with Gasteiger partial charge in [-0.25, -0.2) is 4.98 Å². The number of fused-ring (bicyclic) bond motifs is 1. The van der Waals surface area contributed by atoms with Crippen molar-refractivity contribution < 1.29 is 0 Å². The molecule has 0 saturated carbocycles. The fourth-order valence-electron chi connectivity index (χ4n) is 2.59. The highest BCUT2D eigenvalue weighted by Crippen LogP contribution is 2.42. The van der Waals surface area contributed by atoms with E-state index in [1.54, 1.807) is 11.3 Å². The molecule has 2 aromatic rings. The summed E-state index contributed by atoms with van der Waals surface area (Å²) in [6.07, 6.45) is 3.35. The van der Waals surface area contributed by atoms with Crippen molar-refractivity contribution in [2.75, 3.05) is 5.73 Å². The van der Waals surface area contributed by atoms with Gasteiger partial charge in [0.1, 0.15) is 0 Å². The molecule has 0 spiro atoms. The van der Waals surface area contributed by atoms with E-state index in [1.807, 2.05) is 0 Å². The van der Waals surface area contributed by atoms with Crippen LogP contribution in [0.4, 0.5) is 5.13 Å². The van der Waals surface area contributed by atoms with Crippen molar-refractivity contribution in [1.82, 2.24) is 4.98 Å². The topological polar surface area (TPSA) is 38.9 Å². The molecule has 1 aliphatic rings. The lowest BCUT2D eigenvalue weighted by atomic mass is 9.96. The average molecular weight is 244 g/mol. The number of nitrogens with two attached hydrogens (primary N) is 1. The molecule has 2 N–H and O–H groups in total. The Labute approximate surface area is 106 Å². The summed E-state index contributed by atoms with van der Waals surface area (Å²) in [5, 5.41) is 0.714. The van der Waals surface area contributed by atoms with Crippen LogP contribution >= 0.6 is 11.3 Å². The predicted octanol–water partition coefficient (Wildman–Crippen LogP) is 3.37. The van der Waals surface area contributed by atoms with Gasteiger partial charge in [0.2, 0.25) is 0 Å². The van der Waals surface area contributed by atoms with E-state index in [0.717, 1.165) is 12.8 Å². The Hall–Kier alpha value is -1.35. The zero-order chi connectivity index (χ0) is 11.8. The Morgan fingerprint density at radius 2 is 2.35 bits per heavy atom. The van der Waals surface area contributed by atoms with Gasteiger partial charge in [0.15, 0.2) is 5.13 Å². The molecule has 3 heteroatoms. The molecule has 0 aliphatic heterocycles. The largest absolute Gasteiger partial charge is 0.375 e. The third kappa shape index (κ3) is 1.84. The summed E-state index contributed by atoms with van der Waals surface area (Å²) in [6.45, 7) is 2.20. The third-order valence-electron chi connectivity index (χ3n) is 3.49. The molecule has 0 fully saturated rings. The minimum absolute atomic E-state index is 0.520. The summed E-state index contributed by atoms with van der Waals surface area (Å²) in [7, 11) is 0.